The standard InChI is InChI=1S/C7H8ClN3O2/c1-4-7(11(12)13)5(9-2)3-6(8)10-4/h3H,1-2H3,(H,9,10). The second-order valence-electron chi connectivity index (χ2n) is 2.43. The Morgan fingerprint density at radius 1 is 1.69 bits per heavy atom. The van der Waals surface area contributed by atoms with E-state index in [0.717, 1.165) is 0 Å². The molecular weight excluding hydrogens is 194 g/mol. The zero-order chi connectivity index (χ0) is 10.0. The number of anilines is 1. The molecule has 5 nitrogen and oxygen atoms in total. The number of hydrogen-bond donors (Lipinski definition) is 1. The van der Waals surface area contributed by atoms with Crippen molar-refractivity contribution in [3.8, 4) is 0 Å². The average molecular weight is 202 g/mol. The summed E-state index contributed by atoms with van der Waals surface area (Å²) < 4.78 is 0. The van der Waals surface area contributed by atoms with E-state index in [2.05, 4.69) is 10.3 Å². The number of rotatable bonds is 2. The van der Waals surface area contributed by atoms with Crippen molar-refractivity contribution in [2.75, 3.05) is 12.4 Å². The van der Waals surface area contributed by atoms with E-state index in [-0.39, 0.29) is 10.8 Å². The van der Waals surface area contributed by atoms with Gasteiger partial charge in [0.15, 0.2) is 0 Å². The maximum absolute atomic E-state index is 10.6. The van der Waals surface area contributed by atoms with E-state index in [1.807, 2.05) is 0 Å². The van der Waals surface area contributed by atoms with Crippen LogP contribution in [0, 0.1) is 17.0 Å². The molecule has 0 aliphatic heterocycles. The summed E-state index contributed by atoms with van der Waals surface area (Å²) in [5, 5.41) is 13.5. The molecule has 0 atom stereocenters. The van der Waals surface area contributed by atoms with Gasteiger partial charge in [0, 0.05) is 13.1 Å². The maximum atomic E-state index is 10.6. The Bertz CT molecular complexity index is 354. The van der Waals surface area contributed by atoms with Crippen LogP contribution in [0.25, 0.3) is 0 Å². The molecule has 1 aromatic heterocycles. The Balaban J connectivity index is 3.38. The predicted octanol–water partition coefficient (Wildman–Crippen LogP) is 1.99. The van der Waals surface area contributed by atoms with E-state index in [0.29, 0.717) is 11.4 Å². The smallest absolute Gasteiger partial charge is 0.313 e. The largest absolute Gasteiger partial charge is 0.382 e. The summed E-state index contributed by atoms with van der Waals surface area (Å²) >= 11 is 5.63. The molecule has 0 bridgehead atoms. The Morgan fingerprint density at radius 2 is 2.31 bits per heavy atom. The molecule has 70 valence electrons. The van der Waals surface area contributed by atoms with Crippen LogP contribution in [-0.4, -0.2) is 17.0 Å². The maximum Gasteiger partial charge on any atom is 0.313 e. The van der Waals surface area contributed by atoms with Crippen molar-refractivity contribution in [1.82, 2.24) is 4.98 Å². The number of nitrogens with one attached hydrogen (secondary N) is 1. The van der Waals surface area contributed by atoms with Gasteiger partial charge in [-0.15, -0.1) is 0 Å². The molecule has 0 fully saturated rings. The Hall–Kier alpha value is -1.36. The normalized spacial score (nSPS) is 9.77. The minimum Gasteiger partial charge on any atom is -0.382 e. The molecule has 0 saturated carbocycles. The average Bonchev–Trinajstić information content (AvgIpc) is 2.01. The molecule has 1 aromatic rings. The Morgan fingerprint density at radius 3 is 2.77 bits per heavy atom. The van der Waals surface area contributed by atoms with Crippen molar-refractivity contribution in [1.29, 1.82) is 0 Å². The van der Waals surface area contributed by atoms with E-state index in [1.165, 1.54) is 6.07 Å². The van der Waals surface area contributed by atoms with Crippen LogP contribution in [-0.2, 0) is 0 Å². The van der Waals surface area contributed by atoms with Crippen molar-refractivity contribution < 1.29 is 4.92 Å². The van der Waals surface area contributed by atoms with Crippen LogP contribution < -0.4 is 5.32 Å². The summed E-state index contributed by atoms with van der Waals surface area (Å²) in [4.78, 5) is 13.9. The minimum absolute atomic E-state index is 0.0353. The van der Waals surface area contributed by atoms with E-state index in [9.17, 15) is 10.1 Å². The first-order valence-corrected chi connectivity index (χ1v) is 3.93. The highest BCUT2D eigenvalue weighted by Gasteiger charge is 2.18. The predicted molar refractivity (Wildman–Crippen MR) is 50.2 cm³/mol. The highest BCUT2D eigenvalue weighted by molar-refractivity contribution is 6.29. The van der Waals surface area contributed by atoms with Crippen molar-refractivity contribution in [2.45, 2.75) is 6.92 Å². The Kier molecular flexibility index (Phi) is 2.67. The van der Waals surface area contributed by atoms with Crippen LogP contribution in [0.2, 0.25) is 5.15 Å². The van der Waals surface area contributed by atoms with E-state index in [1.54, 1.807) is 14.0 Å². The quantitative estimate of drug-likeness (QED) is 0.451. The summed E-state index contributed by atoms with van der Waals surface area (Å²) in [5.41, 5.74) is 0.649. The lowest BCUT2D eigenvalue weighted by Crippen LogP contribution is -2.00. The third kappa shape index (κ3) is 1.86. The van der Waals surface area contributed by atoms with Crippen molar-refractivity contribution >= 4 is 23.0 Å². The van der Waals surface area contributed by atoms with E-state index in [4.69, 9.17) is 11.6 Å². The molecule has 0 aliphatic carbocycles. The first kappa shape index (κ1) is 9.73. The molecule has 1 N–H and O–H groups in total. The number of halogens is 1. The molecule has 0 spiro atoms. The molecule has 0 radical (unpaired) electrons. The van der Waals surface area contributed by atoms with Gasteiger partial charge in [-0.05, 0) is 6.92 Å². The molecule has 0 aromatic carbocycles. The van der Waals surface area contributed by atoms with Gasteiger partial charge in [-0.3, -0.25) is 10.1 Å². The molecule has 0 amide bonds. The van der Waals surface area contributed by atoms with Gasteiger partial charge >= 0.3 is 5.69 Å². The molecule has 1 heterocycles. The van der Waals surface area contributed by atoms with Crippen LogP contribution >= 0.6 is 11.6 Å². The minimum atomic E-state index is -0.482. The molecule has 1 rings (SSSR count). The second kappa shape index (κ2) is 3.57. The summed E-state index contributed by atoms with van der Waals surface area (Å²) in [7, 11) is 1.60. The topological polar surface area (TPSA) is 68.1 Å². The number of nitrogens with zero attached hydrogens (tertiary/aromatic N) is 2. The first-order valence-electron chi connectivity index (χ1n) is 3.55. The van der Waals surface area contributed by atoms with Crippen LogP contribution in [0.15, 0.2) is 6.07 Å². The highest BCUT2D eigenvalue weighted by Crippen LogP contribution is 2.28. The van der Waals surface area contributed by atoms with Gasteiger partial charge < -0.3 is 5.32 Å². The van der Waals surface area contributed by atoms with Crippen LogP contribution in [0.3, 0.4) is 0 Å². The summed E-state index contributed by atoms with van der Waals surface area (Å²) in [6.45, 7) is 1.55. The number of aromatic nitrogens is 1. The summed E-state index contributed by atoms with van der Waals surface area (Å²) in [6.07, 6.45) is 0. The zero-order valence-electron chi connectivity index (χ0n) is 7.17. The number of hydrogen-bond acceptors (Lipinski definition) is 4. The van der Waals surface area contributed by atoms with Gasteiger partial charge in [0.25, 0.3) is 0 Å². The zero-order valence-corrected chi connectivity index (χ0v) is 7.92. The van der Waals surface area contributed by atoms with Crippen LogP contribution in [0.5, 0.6) is 0 Å². The fraction of sp³-hybridized carbons (Fsp3) is 0.286. The van der Waals surface area contributed by atoms with Crippen LogP contribution in [0.4, 0.5) is 11.4 Å². The van der Waals surface area contributed by atoms with Gasteiger partial charge in [-0.1, -0.05) is 11.6 Å². The summed E-state index contributed by atoms with van der Waals surface area (Å²) in [6, 6.07) is 1.42. The molecule has 6 heteroatoms. The lowest BCUT2D eigenvalue weighted by molar-refractivity contribution is -0.384. The van der Waals surface area contributed by atoms with Gasteiger partial charge in [0.05, 0.1) is 4.92 Å². The monoisotopic (exact) mass is 201 g/mol. The first-order chi connectivity index (χ1) is 6.06. The SMILES string of the molecule is CNc1cc(Cl)nc(C)c1[N+](=O)[O-]. The van der Waals surface area contributed by atoms with Gasteiger partial charge in [0.1, 0.15) is 16.5 Å². The lowest BCUT2D eigenvalue weighted by Gasteiger charge is -2.03. The molecule has 0 aliphatic rings. The van der Waals surface area contributed by atoms with Crippen molar-refractivity contribution in [3.05, 3.63) is 27.0 Å². The van der Waals surface area contributed by atoms with Crippen molar-refractivity contribution in [3.63, 3.8) is 0 Å². The number of aryl methyl sites for hydroxylation is 1. The highest BCUT2D eigenvalue weighted by atomic mass is 35.5. The third-order valence-electron chi connectivity index (χ3n) is 1.59. The second-order valence-corrected chi connectivity index (χ2v) is 2.82. The molecule has 0 saturated heterocycles. The molecule has 13 heavy (non-hydrogen) atoms. The third-order valence-corrected chi connectivity index (χ3v) is 1.78. The lowest BCUT2D eigenvalue weighted by atomic mass is 10.3. The number of pyridine rings is 1. The Labute approximate surface area is 79.9 Å². The van der Waals surface area contributed by atoms with Gasteiger partial charge in [-0.25, -0.2) is 4.98 Å². The molecule has 0 unspecified atom stereocenters. The van der Waals surface area contributed by atoms with E-state index >= 15 is 0 Å². The van der Waals surface area contributed by atoms with Gasteiger partial charge in [0.2, 0.25) is 0 Å². The molecular formula is C7H8ClN3O2. The van der Waals surface area contributed by atoms with Crippen LogP contribution in [0.1, 0.15) is 5.69 Å². The van der Waals surface area contributed by atoms with Gasteiger partial charge in [-0.2, -0.15) is 0 Å². The number of nitro groups is 1. The fourth-order valence-electron chi connectivity index (χ4n) is 1.05. The summed E-state index contributed by atoms with van der Waals surface area (Å²) in [5.74, 6) is 0. The van der Waals surface area contributed by atoms with E-state index < -0.39 is 4.92 Å². The van der Waals surface area contributed by atoms with Crippen molar-refractivity contribution in [2.24, 2.45) is 0 Å². The fourth-order valence-corrected chi connectivity index (χ4v) is 1.28.